The highest BCUT2D eigenvalue weighted by Gasteiger charge is 2.38. The first kappa shape index (κ1) is 17.1. The predicted molar refractivity (Wildman–Crippen MR) is 93.5 cm³/mol. The molecule has 0 radical (unpaired) electrons. The molecule has 3 rings (SSSR count). The Balaban J connectivity index is 1.66. The summed E-state index contributed by atoms with van der Waals surface area (Å²) in [7, 11) is 0. The molecule has 0 aliphatic heterocycles. The van der Waals surface area contributed by atoms with Crippen LogP contribution in [0.1, 0.15) is 35.2 Å². The third-order valence-corrected chi connectivity index (χ3v) is 4.66. The fraction of sp³-hybridized carbons (Fsp3) is 0.263. The van der Waals surface area contributed by atoms with E-state index in [9.17, 15) is 14.0 Å². The SMILES string of the molecule is NC(=O)c1ccccc1NC(=O)CNC1(c2ccc(F)cc2)CCC1. The van der Waals surface area contributed by atoms with Gasteiger partial charge in [0.2, 0.25) is 5.91 Å². The number of hydrogen-bond donors (Lipinski definition) is 3. The van der Waals surface area contributed by atoms with Crippen LogP contribution >= 0.6 is 0 Å². The van der Waals surface area contributed by atoms with Crippen LogP contribution in [-0.4, -0.2) is 18.4 Å². The van der Waals surface area contributed by atoms with Crippen LogP contribution in [0.25, 0.3) is 0 Å². The van der Waals surface area contributed by atoms with Crippen LogP contribution in [0.5, 0.6) is 0 Å². The number of benzene rings is 2. The number of nitrogens with two attached hydrogens (primary N) is 1. The average molecular weight is 341 g/mol. The molecule has 5 nitrogen and oxygen atoms in total. The summed E-state index contributed by atoms with van der Waals surface area (Å²) in [6, 6.07) is 13.0. The Morgan fingerprint density at radius 1 is 1.08 bits per heavy atom. The van der Waals surface area contributed by atoms with Crippen molar-refractivity contribution in [1.82, 2.24) is 5.32 Å². The van der Waals surface area contributed by atoms with Crippen molar-refractivity contribution in [2.75, 3.05) is 11.9 Å². The normalized spacial score (nSPS) is 15.2. The van der Waals surface area contributed by atoms with Crippen molar-refractivity contribution in [2.24, 2.45) is 5.73 Å². The predicted octanol–water partition coefficient (Wildman–Crippen LogP) is 2.53. The summed E-state index contributed by atoms with van der Waals surface area (Å²) in [5.41, 5.74) is 6.66. The third kappa shape index (κ3) is 3.69. The smallest absolute Gasteiger partial charge is 0.250 e. The van der Waals surface area contributed by atoms with Crippen molar-refractivity contribution < 1.29 is 14.0 Å². The number of para-hydroxylation sites is 1. The van der Waals surface area contributed by atoms with E-state index in [1.54, 1.807) is 36.4 Å². The third-order valence-electron chi connectivity index (χ3n) is 4.66. The van der Waals surface area contributed by atoms with E-state index in [4.69, 9.17) is 5.73 Å². The molecule has 0 saturated heterocycles. The number of nitrogens with one attached hydrogen (secondary N) is 2. The monoisotopic (exact) mass is 341 g/mol. The van der Waals surface area contributed by atoms with Crippen LogP contribution in [0.3, 0.4) is 0 Å². The second-order valence-corrected chi connectivity index (χ2v) is 6.25. The van der Waals surface area contributed by atoms with Gasteiger partial charge in [0.25, 0.3) is 5.91 Å². The minimum atomic E-state index is -0.592. The van der Waals surface area contributed by atoms with Crippen LogP contribution < -0.4 is 16.4 Å². The van der Waals surface area contributed by atoms with Gasteiger partial charge in [0.15, 0.2) is 0 Å². The van der Waals surface area contributed by atoms with Crippen LogP contribution in [0, 0.1) is 5.82 Å². The van der Waals surface area contributed by atoms with Crippen molar-refractivity contribution in [3.8, 4) is 0 Å². The molecule has 130 valence electrons. The van der Waals surface area contributed by atoms with Gasteiger partial charge in [-0.25, -0.2) is 4.39 Å². The maximum absolute atomic E-state index is 13.1. The standard InChI is InChI=1S/C19H20FN3O2/c20-14-8-6-13(7-9-14)19(10-3-11-19)22-12-17(24)23-16-5-2-1-4-15(16)18(21)25/h1-2,4-9,22H,3,10-12H2,(H2,21,25)(H,23,24). The van der Waals surface area contributed by atoms with E-state index < -0.39 is 5.91 Å². The number of primary amides is 1. The van der Waals surface area contributed by atoms with Gasteiger partial charge in [0.1, 0.15) is 5.82 Å². The number of carbonyl (C=O) groups excluding carboxylic acids is 2. The summed E-state index contributed by atoms with van der Waals surface area (Å²) in [4.78, 5) is 23.7. The molecular formula is C19H20FN3O2. The maximum Gasteiger partial charge on any atom is 0.250 e. The van der Waals surface area contributed by atoms with Crippen LogP contribution in [-0.2, 0) is 10.3 Å². The van der Waals surface area contributed by atoms with Crippen molar-refractivity contribution >= 4 is 17.5 Å². The van der Waals surface area contributed by atoms with E-state index in [0.717, 1.165) is 24.8 Å². The first-order chi connectivity index (χ1) is 12.0. The van der Waals surface area contributed by atoms with Gasteiger partial charge in [-0.05, 0) is 49.1 Å². The molecule has 1 aliphatic carbocycles. The van der Waals surface area contributed by atoms with Gasteiger partial charge < -0.3 is 11.1 Å². The van der Waals surface area contributed by atoms with Gasteiger partial charge in [-0.3, -0.25) is 14.9 Å². The highest BCUT2D eigenvalue weighted by Crippen LogP contribution is 2.41. The first-order valence-corrected chi connectivity index (χ1v) is 8.20. The Kier molecular flexibility index (Phi) is 4.81. The molecule has 4 N–H and O–H groups in total. The lowest BCUT2D eigenvalue weighted by Crippen LogP contribution is -2.50. The van der Waals surface area contributed by atoms with E-state index in [1.807, 2.05) is 0 Å². The van der Waals surface area contributed by atoms with Gasteiger partial charge in [-0.15, -0.1) is 0 Å². The molecule has 2 aromatic rings. The Hall–Kier alpha value is -2.73. The van der Waals surface area contributed by atoms with Gasteiger partial charge in [-0.2, -0.15) is 0 Å². The molecule has 6 heteroatoms. The van der Waals surface area contributed by atoms with Crippen molar-refractivity contribution in [3.63, 3.8) is 0 Å². The summed E-state index contributed by atoms with van der Waals surface area (Å²) < 4.78 is 13.1. The molecule has 0 spiro atoms. The van der Waals surface area contributed by atoms with E-state index >= 15 is 0 Å². The van der Waals surface area contributed by atoms with Gasteiger partial charge in [-0.1, -0.05) is 24.3 Å². The molecule has 0 unspecified atom stereocenters. The van der Waals surface area contributed by atoms with E-state index in [0.29, 0.717) is 5.69 Å². The maximum atomic E-state index is 13.1. The summed E-state index contributed by atoms with van der Waals surface area (Å²) in [5.74, 6) is -1.13. The molecule has 1 fully saturated rings. The molecule has 0 bridgehead atoms. The molecule has 0 atom stereocenters. The van der Waals surface area contributed by atoms with Gasteiger partial charge in [0, 0.05) is 5.54 Å². The highest BCUT2D eigenvalue weighted by atomic mass is 19.1. The lowest BCUT2D eigenvalue weighted by atomic mass is 9.72. The fourth-order valence-corrected chi connectivity index (χ4v) is 3.12. The molecule has 2 aromatic carbocycles. The van der Waals surface area contributed by atoms with Crippen molar-refractivity contribution in [1.29, 1.82) is 0 Å². The topological polar surface area (TPSA) is 84.2 Å². The van der Waals surface area contributed by atoms with Gasteiger partial charge >= 0.3 is 0 Å². The van der Waals surface area contributed by atoms with E-state index in [2.05, 4.69) is 10.6 Å². The number of carbonyl (C=O) groups is 2. The average Bonchev–Trinajstić information content (AvgIpc) is 2.55. The fourth-order valence-electron chi connectivity index (χ4n) is 3.12. The zero-order valence-electron chi connectivity index (χ0n) is 13.7. The highest BCUT2D eigenvalue weighted by molar-refractivity contribution is 6.03. The van der Waals surface area contributed by atoms with Crippen LogP contribution in [0.4, 0.5) is 10.1 Å². The second-order valence-electron chi connectivity index (χ2n) is 6.25. The Labute approximate surface area is 145 Å². The lowest BCUT2D eigenvalue weighted by molar-refractivity contribution is -0.116. The minimum absolute atomic E-state index is 0.0878. The Morgan fingerprint density at radius 2 is 1.76 bits per heavy atom. The summed E-state index contributed by atoms with van der Waals surface area (Å²) >= 11 is 0. The largest absolute Gasteiger partial charge is 0.366 e. The Bertz CT molecular complexity index is 786. The number of amides is 2. The first-order valence-electron chi connectivity index (χ1n) is 8.20. The van der Waals surface area contributed by atoms with E-state index in [-0.39, 0.29) is 29.4 Å². The minimum Gasteiger partial charge on any atom is -0.366 e. The molecule has 25 heavy (non-hydrogen) atoms. The molecule has 1 saturated carbocycles. The quantitative estimate of drug-likeness (QED) is 0.755. The summed E-state index contributed by atoms with van der Waals surface area (Å²) in [6.07, 6.45) is 2.84. The molecule has 0 heterocycles. The van der Waals surface area contributed by atoms with Crippen molar-refractivity contribution in [3.05, 3.63) is 65.5 Å². The number of halogens is 1. The second kappa shape index (κ2) is 7.03. The van der Waals surface area contributed by atoms with Crippen LogP contribution in [0.2, 0.25) is 0 Å². The molecular weight excluding hydrogens is 321 g/mol. The van der Waals surface area contributed by atoms with Gasteiger partial charge in [0.05, 0.1) is 17.8 Å². The van der Waals surface area contributed by atoms with Crippen molar-refractivity contribution in [2.45, 2.75) is 24.8 Å². The zero-order valence-corrected chi connectivity index (χ0v) is 13.7. The lowest BCUT2D eigenvalue weighted by Gasteiger charge is -2.43. The molecule has 0 aromatic heterocycles. The molecule has 1 aliphatic rings. The Morgan fingerprint density at radius 3 is 2.36 bits per heavy atom. The number of anilines is 1. The van der Waals surface area contributed by atoms with E-state index in [1.165, 1.54) is 12.1 Å². The van der Waals surface area contributed by atoms with Crippen LogP contribution in [0.15, 0.2) is 48.5 Å². The summed E-state index contributed by atoms with van der Waals surface area (Å²) in [6.45, 7) is 0.0878. The zero-order chi connectivity index (χ0) is 17.9. The summed E-state index contributed by atoms with van der Waals surface area (Å²) in [5, 5.41) is 6.00. The molecule has 2 amide bonds. The number of rotatable bonds is 6. The number of hydrogen-bond acceptors (Lipinski definition) is 3.